The van der Waals surface area contributed by atoms with Crippen molar-refractivity contribution in [1.29, 1.82) is 0 Å². The first-order chi connectivity index (χ1) is 4.87. The second kappa shape index (κ2) is 3.43. The number of rotatable bonds is 1. The third kappa shape index (κ3) is 4.44. The van der Waals surface area contributed by atoms with Gasteiger partial charge in [-0.15, -0.1) is 6.42 Å². The summed E-state index contributed by atoms with van der Waals surface area (Å²) in [6, 6.07) is 0. The van der Waals surface area contributed by atoms with Crippen LogP contribution in [0.1, 0.15) is 20.8 Å². The molecule has 0 rings (SSSR count). The maximum Gasteiger partial charge on any atom is 0.297 e. The van der Waals surface area contributed by atoms with E-state index in [1.807, 2.05) is 0 Å². The van der Waals surface area contributed by atoms with Crippen molar-refractivity contribution in [3.63, 3.8) is 0 Å². The van der Waals surface area contributed by atoms with Crippen molar-refractivity contribution in [3.05, 3.63) is 0 Å². The van der Waals surface area contributed by atoms with Crippen molar-refractivity contribution in [2.75, 3.05) is 13.6 Å². The Morgan fingerprint density at radius 3 is 2.27 bits per heavy atom. The maximum absolute atomic E-state index is 10.9. The molecule has 0 aromatic heterocycles. The molecule has 0 radical (unpaired) electrons. The highest BCUT2D eigenvalue weighted by molar-refractivity contribution is 5.92. The molecule has 0 aromatic rings. The van der Waals surface area contributed by atoms with Crippen LogP contribution >= 0.6 is 0 Å². The molecule has 0 bridgehead atoms. The quantitative estimate of drug-likeness (QED) is 0.517. The van der Waals surface area contributed by atoms with E-state index in [1.54, 1.807) is 11.9 Å². The Hall–Kier alpha value is -0.970. The molecule has 11 heavy (non-hydrogen) atoms. The number of carbonyl (C=O) groups excluding carboxylic acids is 1. The van der Waals surface area contributed by atoms with Gasteiger partial charge in [-0.3, -0.25) is 4.79 Å². The number of carbonyl (C=O) groups is 1. The average Bonchev–Trinajstić information content (AvgIpc) is 1.82. The Labute approximate surface area is 68.6 Å². The highest BCUT2D eigenvalue weighted by atomic mass is 16.2. The van der Waals surface area contributed by atoms with Crippen LogP contribution in [0.2, 0.25) is 0 Å². The Morgan fingerprint density at radius 2 is 2.00 bits per heavy atom. The van der Waals surface area contributed by atoms with E-state index in [4.69, 9.17) is 6.42 Å². The van der Waals surface area contributed by atoms with E-state index < -0.39 is 0 Å². The molecule has 0 saturated heterocycles. The predicted octanol–water partition coefficient (Wildman–Crippen LogP) is 1.12. The van der Waals surface area contributed by atoms with Gasteiger partial charge in [-0.05, 0) is 11.3 Å². The molecule has 0 spiro atoms. The lowest BCUT2D eigenvalue weighted by molar-refractivity contribution is -0.124. The lowest BCUT2D eigenvalue weighted by Crippen LogP contribution is -2.33. The summed E-state index contributed by atoms with van der Waals surface area (Å²) in [5.74, 6) is 1.82. The number of nitrogens with zero attached hydrogens (tertiary/aromatic N) is 1. The van der Waals surface area contributed by atoms with Gasteiger partial charge < -0.3 is 4.90 Å². The van der Waals surface area contributed by atoms with Crippen LogP contribution < -0.4 is 0 Å². The van der Waals surface area contributed by atoms with Gasteiger partial charge in [0.1, 0.15) is 0 Å². The van der Waals surface area contributed by atoms with E-state index in [2.05, 4.69) is 26.7 Å². The average molecular weight is 153 g/mol. The van der Waals surface area contributed by atoms with Crippen LogP contribution in [0.25, 0.3) is 0 Å². The molecule has 0 N–H and O–H groups in total. The fourth-order valence-corrected chi connectivity index (χ4v) is 0.894. The summed E-state index contributed by atoms with van der Waals surface area (Å²) in [5.41, 5.74) is 0.112. The Balaban J connectivity index is 4.00. The van der Waals surface area contributed by atoms with Crippen molar-refractivity contribution in [1.82, 2.24) is 4.90 Å². The van der Waals surface area contributed by atoms with Crippen LogP contribution in [0.4, 0.5) is 0 Å². The Morgan fingerprint density at radius 1 is 1.55 bits per heavy atom. The molecular weight excluding hydrogens is 138 g/mol. The summed E-state index contributed by atoms with van der Waals surface area (Å²) in [7, 11) is 1.72. The van der Waals surface area contributed by atoms with E-state index in [0.29, 0.717) is 6.54 Å². The predicted molar refractivity (Wildman–Crippen MR) is 45.9 cm³/mol. The van der Waals surface area contributed by atoms with Crippen LogP contribution in [0.15, 0.2) is 0 Å². The molecule has 0 aromatic carbocycles. The van der Waals surface area contributed by atoms with Gasteiger partial charge in [0.25, 0.3) is 5.91 Å². The highest BCUT2D eigenvalue weighted by Gasteiger charge is 2.15. The van der Waals surface area contributed by atoms with Gasteiger partial charge in [-0.25, -0.2) is 0 Å². The van der Waals surface area contributed by atoms with Crippen molar-refractivity contribution >= 4 is 5.91 Å². The fourth-order valence-electron chi connectivity index (χ4n) is 0.894. The summed E-state index contributed by atoms with van der Waals surface area (Å²) in [6.45, 7) is 6.88. The topological polar surface area (TPSA) is 20.3 Å². The van der Waals surface area contributed by atoms with Gasteiger partial charge in [-0.1, -0.05) is 20.8 Å². The summed E-state index contributed by atoms with van der Waals surface area (Å²) in [4.78, 5) is 12.4. The molecule has 0 unspecified atom stereocenters. The van der Waals surface area contributed by atoms with Gasteiger partial charge >= 0.3 is 0 Å². The van der Waals surface area contributed by atoms with Gasteiger partial charge in [0.15, 0.2) is 0 Å². The van der Waals surface area contributed by atoms with Gasteiger partial charge in [0.05, 0.1) is 0 Å². The maximum atomic E-state index is 10.9. The molecule has 2 nitrogen and oxygen atoms in total. The van der Waals surface area contributed by atoms with Crippen LogP contribution in [-0.4, -0.2) is 24.4 Å². The zero-order valence-electron chi connectivity index (χ0n) is 7.64. The molecule has 0 atom stereocenters. The standard InChI is InChI=1S/C9H15NO/c1-6-8(11)10(5)7-9(2,3)4/h1H,7H2,2-5H3. The molecular formula is C9H15NO. The minimum Gasteiger partial charge on any atom is -0.334 e. The SMILES string of the molecule is C#CC(=O)N(C)CC(C)(C)C. The molecule has 0 aliphatic carbocycles. The summed E-state index contributed by atoms with van der Waals surface area (Å²) in [6.07, 6.45) is 4.95. The van der Waals surface area contributed by atoms with Crippen molar-refractivity contribution in [3.8, 4) is 12.3 Å². The second-order valence-corrected chi connectivity index (χ2v) is 3.87. The second-order valence-electron chi connectivity index (χ2n) is 3.87. The third-order valence-electron chi connectivity index (χ3n) is 1.18. The summed E-state index contributed by atoms with van der Waals surface area (Å²) >= 11 is 0. The van der Waals surface area contributed by atoms with Gasteiger partial charge in [-0.2, -0.15) is 0 Å². The van der Waals surface area contributed by atoms with Crippen LogP contribution in [0, 0.1) is 17.8 Å². The molecule has 62 valence electrons. The lowest BCUT2D eigenvalue weighted by Gasteiger charge is -2.24. The van der Waals surface area contributed by atoms with Crippen LogP contribution in [0.3, 0.4) is 0 Å². The molecule has 0 saturated carbocycles. The minimum absolute atomic E-state index is 0.112. The summed E-state index contributed by atoms with van der Waals surface area (Å²) < 4.78 is 0. The highest BCUT2D eigenvalue weighted by Crippen LogP contribution is 2.13. The van der Waals surface area contributed by atoms with Crippen molar-refractivity contribution in [2.45, 2.75) is 20.8 Å². The molecule has 0 fully saturated rings. The normalized spacial score (nSPS) is 10.5. The number of hydrogen-bond acceptors (Lipinski definition) is 1. The smallest absolute Gasteiger partial charge is 0.297 e. The van der Waals surface area contributed by atoms with E-state index in [-0.39, 0.29) is 11.3 Å². The first kappa shape index (κ1) is 10.0. The van der Waals surface area contributed by atoms with Crippen LogP contribution in [0.5, 0.6) is 0 Å². The third-order valence-corrected chi connectivity index (χ3v) is 1.18. The molecule has 0 aliphatic heterocycles. The monoisotopic (exact) mass is 153 g/mol. The summed E-state index contributed by atoms with van der Waals surface area (Å²) in [5, 5.41) is 0. The molecule has 2 heteroatoms. The number of terminal acetylenes is 1. The fraction of sp³-hybridized carbons (Fsp3) is 0.667. The molecule has 1 amide bonds. The molecule has 0 heterocycles. The van der Waals surface area contributed by atoms with E-state index in [9.17, 15) is 4.79 Å². The molecule has 0 aliphatic rings. The number of amides is 1. The van der Waals surface area contributed by atoms with E-state index in [1.165, 1.54) is 0 Å². The van der Waals surface area contributed by atoms with Gasteiger partial charge in [0.2, 0.25) is 0 Å². The van der Waals surface area contributed by atoms with E-state index >= 15 is 0 Å². The Bertz CT molecular complexity index is 183. The Kier molecular flexibility index (Phi) is 3.13. The minimum atomic E-state index is -0.250. The van der Waals surface area contributed by atoms with Crippen molar-refractivity contribution in [2.24, 2.45) is 5.41 Å². The first-order valence-corrected chi connectivity index (χ1v) is 3.58. The van der Waals surface area contributed by atoms with Crippen LogP contribution in [-0.2, 0) is 4.79 Å². The first-order valence-electron chi connectivity index (χ1n) is 3.58. The zero-order valence-corrected chi connectivity index (χ0v) is 7.64. The largest absolute Gasteiger partial charge is 0.334 e. The van der Waals surface area contributed by atoms with E-state index in [0.717, 1.165) is 0 Å². The number of hydrogen-bond donors (Lipinski definition) is 0. The van der Waals surface area contributed by atoms with Gasteiger partial charge in [0, 0.05) is 13.6 Å². The lowest BCUT2D eigenvalue weighted by atomic mass is 9.96. The van der Waals surface area contributed by atoms with Crippen molar-refractivity contribution < 1.29 is 4.79 Å². The zero-order chi connectivity index (χ0) is 9.07.